The quantitative estimate of drug-likeness (QED) is 0.229. The van der Waals surface area contributed by atoms with E-state index in [1.165, 1.54) is 4.88 Å². The van der Waals surface area contributed by atoms with Gasteiger partial charge >= 0.3 is 0 Å². The molecule has 1 atom stereocenters. The Hall–Kier alpha value is -1.16. The lowest BCUT2D eigenvalue weighted by Gasteiger charge is -2.33. The van der Waals surface area contributed by atoms with Crippen LogP contribution in [0.4, 0.5) is 10.7 Å². The van der Waals surface area contributed by atoms with Gasteiger partial charge in [-0.25, -0.2) is 4.99 Å². The van der Waals surface area contributed by atoms with Gasteiger partial charge in [-0.2, -0.15) is 0 Å². The van der Waals surface area contributed by atoms with Crippen LogP contribution in [-0.4, -0.2) is 12.1 Å². The largest absolute Gasteiger partial charge is 0.448 e. The number of hydrogen-bond acceptors (Lipinski definition) is 4. The summed E-state index contributed by atoms with van der Waals surface area (Å²) >= 11 is 13.2. The van der Waals surface area contributed by atoms with Crippen LogP contribution in [-0.2, 0) is 12.8 Å². The van der Waals surface area contributed by atoms with E-state index in [4.69, 9.17) is 21.0 Å². The van der Waals surface area contributed by atoms with E-state index in [-0.39, 0.29) is 11.3 Å². The standard InChI is InChI=1S/C24H23BrClIN2O2S/c1-24(2,3)13-4-9-17-19(10-13)32-23(28-12-16-11-18(25)21(27)31-16)20(17)22(30)29-15-7-5-14(26)6-8-15/h5-8,11-13H,4,9-10H2,1-3H3,(H,29,30)/t13-/m0/s1. The SMILES string of the molecule is CC(C)(C)[C@H]1CCc2c(sc(N=Cc3cc(Br)c(I)o3)c2C(=O)Nc2ccc(Cl)cc2)C1. The summed E-state index contributed by atoms with van der Waals surface area (Å²) in [5.74, 6) is 1.09. The van der Waals surface area contributed by atoms with Crippen molar-refractivity contribution in [3.8, 4) is 0 Å². The van der Waals surface area contributed by atoms with Crippen molar-refractivity contribution in [2.24, 2.45) is 16.3 Å². The molecule has 0 fully saturated rings. The summed E-state index contributed by atoms with van der Waals surface area (Å²) in [5.41, 5.74) is 2.74. The third-order valence-corrected chi connectivity index (χ3v) is 9.32. The molecular weight excluding hydrogens is 623 g/mol. The Labute approximate surface area is 219 Å². The zero-order chi connectivity index (χ0) is 23.0. The first-order valence-electron chi connectivity index (χ1n) is 10.3. The van der Waals surface area contributed by atoms with Crippen LogP contribution in [0.3, 0.4) is 0 Å². The predicted molar refractivity (Wildman–Crippen MR) is 145 cm³/mol. The first-order valence-corrected chi connectivity index (χ1v) is 13.4. The summed E-state index contributed by atoms with van der Waals surface area (Å²) in [4.78, 5) is 19.3. The molecule has 4 rings (SSSR count). The molecular formula is C24H23BrClIN2O2S. The van der Waals surface area contributed by atoms with Gasteiger partial charge in [0, 0.05) is 44.2 Å². The smallest absolute Gasteiger partial charge is 0.259 e. The van der Waals surface area contributed by atoms with Crippen LogP contribution in [0.15, 0.2) is 44.2 Å². The van der Waals surface area contributed by atoms with Gasteiger partial charge < -0.3 is 9.73 Å². The number of furan rings is 1. The maximum absolute atomic E-state index is 13.4. The van der Waals surface area contributed by atoms with Gasteiger partial charge in [-0.1, -0.05) is 32.4 Å². The van der Waals surface area contributed by atoms with Gasteiger partial charge in [0.25, 0.3) is 5.91 Å². The fourth-order valence-corrected chi connectivity index (χ4v) is 6.02. The minimum atomic E-state index is -0.138. The highest BCUT2D eigenvalue weighted by Crippen LogP contribution is 2.45. The van der Waals surface area contributed by atoms with Crippen molar-refractivity contribution >= 4 is 84.3 Å². The second-order valence-corrected chi connectivity index (χ2v) is 12.3. The van der Waals surface area contributed by atoms with E-state index in [2.05, 4.69) is 64.6 Å². The second-order valence-electron chi connectivity index (χ2n) is 8.98. The monoisotopic (exact) mass is 644 g/mol. The minimum absolute atomic E-state index is 0.138. The van der Waals surface area contributed by atoms with Crippen molar-refractivity contribution in [2.75, 3.05) is 5.32 Å². The van der Waals surface area contributed by atoms with Crippen molar-refractivity contribution in [1.29, 1.82) is 0 Å². The van der Waals surface area contributed by atoms with Gasteiger partial charge in [-0.15, -0.1) is 11.3 Å². The van der Waals surface area contributed by atoms with Crippen LogP contribution in [0.5, 0.6) is 0 Å². The Balaban J connectivity index is 1.70. The number of aliphatic imine (C=N–C) groups is 1. The molecule has 1 N–H and O–H groups in total. The average molecular weight is 646 g/mol. The van der Waals surface area contributed by atoms with E-state index in [0.29, 0.717) is 28.0 Å². The van der Waals surface area contributed by atoms with Gasteiger partial charge in [-0.3, -0.25) is 4.79 Å². The first kappa shape index (κ1) is 24.0. The van der Waals surface area contributed by atoms with Gasteiger partial charge in [0.1, 0.15) is 10.8 Å². The second kappa shape index (κ2) is 9.60. The average Bonchev–Trinajstić information content (AvgIpc) is 3.26. The molecule has 0 bridgehead atoms. The number of carbonyl (C=O) groups excluding carboxylic acids is 1. The molecule has 0 radical (unpaired) electrons. The summed E-state index contributed by atoms with van der Waals surface area (Å²) in [6, 6.07) is 9.02. The molecule has 0 unspecified atom stereocenters. The third-order valence-electron chi connectivity index (χ3n) is 5.77. The number of thiophene rings is 1. The molecule has 0 aliphatic heterocycles. The van der Waals surface area contributed by atoms with E-state index in [1.54, 1.807) is 41.8 Å². The summed E-state index contributed by atoms with van der Waals surface area (Å²) in [6.07, 6.45) is 4.62. The Morgan fingerprint density at radius 3 is 2.69 bits per heavy atom. The lowest BCUT2D eigenvalue weighted by molar-refractivity contribution is 0.102. The molecule has 0 spiro atoms. The highest BCUT2D eigenvalue weighted by molar-refractivity contribution is 14.1. The van der Waals surface area contributed by atoms with E-state index in [0.717, 1.165) is 38.1 Å². The number of anilines is 1. The molecule has 8 heteroatoms. The Morgan fingerprint density at radius 2 is 2.06 bits per heavy atom. The third kappa shape index (κ3) is 5.32. The molecule has 168 valence electrons. The number of amides is 1. The lowest BCUT2D eigenvalue weighted by Crippen LogP contribution is -2.27. The number of carbonyl (C=O) groups is 1. The molecule has 0 saturated heterocycles. The molecule has 2 heterocycles. The highest BCUT2D eigenvalue weighted by Gasteiger charge is 2.33. The summed E-state index contributed by atoms with van der Waals surface area (Å²) in [6.45, 7) is 6.87. The number of benzene rings is 1. The van der Waals surface area contributed by atoms with Crippen LogP contribution < -0.4 is 5.32 Å². The summed E-state index contributed by atoms with van der Waals surface area (Å²) in [7, 11) is 0. The Morgan fingerprint density at radius 1 is 1.34 bits per heavy atom. The number of rotatable bonds is 4. The number of nitrogens with one attached hydrogen (secondary N) is 1. The van der Waals surface area contributed by atoms with E-state index in [1.807, 2.05) is 6.07 Å². The topological polar surface area (TPSA) is 54.6 Å². The number of halogens is 3. The van der Waals surface area contributed by atoms with Crippen LogP contribution >= 0.6 is 61.5 Å². The maximum atomic E-state index is 13.4. The van der Waals surface area contributed by atoms with Crippen molar-refractivity contribution in [3.05, 3.63) is 65.4 Å². The molecule has 1 aliphatic carbocycles. The fourth-order valence-electron chi connectivity index (χ4n) is 3.91. The zero-order valence-electron chi connectivity index (χ0n) is 18.0. The molecule has 3 aromatic rings. The van der Waals surface area contributed by atoms with Crippen LogP contribution in [0.1, 0.15) is 53.8 Å². The van der Waals surface area contributed by atoms with E-state index < -0.39 is 0 Å². The summed E-state index contributed by atoms with van der Waals surface area (Å²) in [5, 5.41) is 4.37. The molecule has 32 heavy (non-hydrogen) atoms. The summed E-state index contributed by atoms with van der Waals surface area (Å²) < 4.78 is 7.34. The Kier molecular flexibility index (Phi) is 7.20. The number of nitrogens with zero attached hydrogens (tertiary/aromatic N) is 1. The fraction of sp³-hybridized carbons (Fsp3) is 0.333. The van der Waals surface area contributed by atoms with Gasteiger partial charge in [0.2, 0.25) is 0 Å². The first-order chi connectivity index (χ1) is 15.1. The number of fused-ring (bicyclic) bond motifs is 1. The normalized spacial score (nSPS) is 16.4. The van der Waals surface area contributed by atoms with Gasteiger partial charge in [0.05, 0.1) is 16.3 Å². The Bertz CT molecular complexity index is 1160. The van der Waals surface area contributed by atoms with Crippen molar-refractivity contribution in [3.63, 3.8) is 0 Å². The van der Waals surface area contributed by atoms with Gasteiger partial charge in [0.15, 0.2) is 3.77 Å². The van der Waals surface area contributed by atoms with Crippen LogP contribution in [0.2, 0.25) is 5.02 Å². The van der Waals surface area contributed by atoms with Gasteiger partial charge in [-0.05, 0) is 76.4 Å². The minimum Gasteiger partial charge on any atom is -0.448 e. The molecule has 0 saturated carbocycles. The molecule has 2 aromatic heterocycles. The lowest BCUT2D eigenvalue weighted by atomic mass is 9.72. The number of hydrogen-bond donors (Lipinski definition) is 1. The predicted octanol–water partition coefficient (Wildman–Crippen LogP) is 8.52. The zero-order valence-corrected chi connectivity index (χ0v) is 23.3. The highest BCUT2D eigenvalue weighted by atomic mass is 127. The molecule has 1 amide bonds. The van der Waals surface area contributed by atoms with Crippen molar-refractivity contribution in [2.45, 2.75) is 40.0 Å². The van der Waals surface area contributed by atoms with E-state index >= 15 is 0 Å². The van der Waals surface area contributed by atoms with Crippen LogP contribution in [0.25, 0.3) is 0 Å². The maximum Gasteiger partial charge on any atom is 0.259 e. The van der Waals surface area contributed by atoms with Crippen LogP contribution in [0, 0.1) is 15.1 Å². The molecule has 4 nitrogen and oxygen atoms in total. The van der Waals surface area contributed by atoms with E-state index in [9.17, 15) is 4.79 Å². The van der Waals surface area contributed by atoms with Crippen molar-refractivity contribution in [1.82, 2.24) is 0 Å². The van der Waals surface area contributed by atoms with Crippen molar-refractivity contribution < 1.29 is 9.21 Å². The molecule has 1 aliphatic rings. The molecule has 1 aromatic carbocycles.